The van der Waals surface area contributed by atoms with Crippen molar-refractivity contribution in [2.75, 3.05) is 0 Å². The molecule has 1 aromatic heterocycles. The third-order valence-corrected chi connectivity index (χ3v) is 4.90. The molecule has 10 heteroatoms. The molecule has 2 N–H and O–H groups in total. The SMILES string of the molecule is CC(C)Oc1ccc(C=NN=C2NC(=O)C(CC(=O)O)S2)cc1Cn1cccn1. The lowest BCUT2D eigenvalue weighted by Gasteiger charge is -2.15. The van der Waals surface area contributed by atoms with Crippen molar-refractivity contribution < 1.29 is 19.4 Å². The number of aromatic nitrogens is 2. The largest absolute Gasteiger partial charge is 0.491 e. The predicted molar refractivity (Wildman–Crippen MR) is 110 cm³/mol. The van der Waals surface area contributed by atoms with Crippen molar-refractivity contribution >= 4 is 35.0 Å². The van der Waals surface area contributed by atoms with Crippen LogP contribution in [0.3, 0.4) is 0 Å². The van der Waals surface area contributed by atoms with E-state index in [0.717, 1.165) is 28.6 Å². The van der Waals surface area contributed by atoms with Gasteiger partial charge in [0.1, 0.15) is 11.0 Å². The number of benzene rings is 1. The number of nitrogens with zero attached hydrogens (tertiary/aromatic N) is 4. The highest BCUT2D eigenvalue weighted by Crippen LogP contribution is 2.23. The van der Waals surface area contributed by atoms with Gasteiger partial charge in [-0.05, 0) is 43.7 Å². The second-order valence-electron chi connectivity index (χ2n) is 6.58. The number of rotatable bonds is 8. The molecule has 0 bridgehead atoms. The van der Waals surface area contributed by atoms with Crippen LogP contribution < -0.4 is 10.1 Å². The summed E-state index contributed by atoms with van der Waals surface area (Å²) >= 11 is 1.06. The topological polar surface area (TPSA) is 118 Å². The van der Waals surface area contributed by atoms with E-state index in [4.69, 9.17) is 9.84 Å². The highest BCUT2D eigenvalue weighted by Gasteiger charge is 2.32. The monoisotopic (exact) mass is 415 g/mol. The molecule has 0 radical (unpaired) electrons. The van der Waals surface area contributed by atoms with E-state index in [-0.39, 0.29) is 23.6 Å². The summed E-state index contributed by atoms with van der Waals surface area (Å²) in [6.07, 6.45) is 4.94. The molecule has 1 fully saturated rings. The van der Waals surface area contributed by atoms with E-state index in [0.29, 0.717) is 6.54 Å². The van der Waals surface area contributed by atoms with Crippen LogP contribution in [0.1, 0.15) is 31.4 Å². The number of carbonyl (C=O) groups is 2. The highest BCUT2D eigenvalue weighted by atomic mass is 32.2. The molecule has 0 saturated carbocycles. The second-order valence-corrected chi connectivity index (χ2v) is 7.77. The Morgan fingerprint density at radius 3 is 3.00 bits per heavy atom. The molecular weight excluding hydrogens is 394 g/mol. The lowest BCUT2D eigenvalue weighted by atomic mass is 10.1. The number of nitrogens with one attached hydrogen (secondary N) is 1. The zero-order valence-corrected chi connectivity index (χ0v) is 16.8. The number of carboxylic acids is 1. The normalized spacial score (nSPS) is 18.0. The molecule has 2 heterocycles. The van der Waals surface area contributed by atoms with Gasteiger partial charge in [0.15, 0.2) is 5.17 Å². The number of hydrogen-bond donors (Lipinski definition) is 2. The molecule has 0 spiro atoms. The molecule has 0 aliphatic carbocycles. The smallest absolute Gasteiger partial charge is 0.305 e. The van der Waals surface area contributed by atoms with Gasteiger partial charge >= 0.3 is 5.97 Å². The summed E-state index contributed by atoms with van der Waals surface area (Å²) in [5.41, 5.74) is 1.76. The average molecular weight is 415 g/mol. The number of thioether (sulfide) groups is 1. The molecule has 9 nitrogen and oxygen atoms in total. The molecule has 1 unspecified atom stereocenters. The summed E-state index contributed by atoms with van der Waals surface area (Å²) in [6.45, 7) is 4.48. The fourth-order valence-corrected chi connectivity index (χ4v) is 3.55. The van der Waals surface area contributed by atoms with E-state index >= 15 is 0 Å². The molecule has 2 aromatic rings. The van der Waals surface area contributed by atoms with E-state index in [9.17, 15) is 9.59 Å². The molecule has 152 valence electrons. The summed E-state index contributed by atoms with van der Waals surface area (Å²) < 4.78 is 7.68. The highest BCUT2D eigenvalue weighted by molar-refractivity contribution is 8.15. The van der Waals surface area contributed by atoms with Crippen molar-refractivity contribution in [3.05, 3.63) is 47.8 Å². The Morgan fingerprint density at radius 2 is 2.31 bits per heavy atom. The third-order valence-electron chi connectivity index (χ3n) is 3.83. The maximum absolute atomic E-state index is 11.7. The van der Waals surface area contributed by atoms with Crippen LogP contribution in [-0.4, -0.2) is 49.5 Å². The predicted octanol–water partition coefficient (Wildman–Crippen LogP) is 2.11. The first-order valence-electron chi connectivity index (χ1n) is 8.98. The van der Waals surface area contributed by atoms with Crippen LogP contribution in [0.4, 0.5) is 0 Å². The van der Waals surface area contributed by atoms with Gasteiger partial charge in [-0.25, -0.2) is 0 Å². The second kappa shape index (κ2) is 9.37. The molecule has 3 rings (SSSR count). The first-order valence-corrected chi connectivity index (χ1v) is 9.86. The van der Waals surface area contributed by atoms with Gasteiger partial charge in [0.05, 0.1) is 25.3 Å². The molecule has 29 heavy (non-hydrogen) atoms. The fourth-order valence-electron chi connectivity index (χ4n) is 2.63. The van der Waals surface area contributed by atoms with Gasteiger partial charge in [-0.15, -0.1) is 5.10 Å². The maximum Gasteiger partial charge on any atom is 0.305 e. The number of carbonyl (C=O) groups excluding carboxylic acids is 1. The van der Waals surface area contributed by atoms with Crippen molar-refractivity contribution in [1.29, 1.82) is 0 Å². The summed E-state index contributed by atoms with van der Waals surface area (Å²) in [4.78, 5) is 22.5. The van der Waals surface area contributed by atoms with Crippen LogP contribution in [0, 0.1) is 0 Å². The molecule has 1 aliphatic rings. The van der Waals surface area contributed by atoms with E-state index in [1.165, 1.54) is 0 Å². The third kappa shape index (κ3) is 5.92. The summed E-state index contributed by atoms with van der Waals surface area (Å²) in [5.74, 6) is -0.632. The Hall–Kier alpha value is -3.14. The maximum atomic E-state index is 11.7. The average Bonchev–Trinajstić information content (AvgIpc) is 3.26. The summed E-state index contributed by atoms with van der Waals surface area (Å²) in [6, 6.07) is 7.54. The van der Waals surface area contributed by atoms with Gasteiger partial charge in [0.25, 0.3) is 0 Å². The number of hydrogen-bond acceptors (Lipinski definition) is 7. The lowest BCUT2D eigenvalue weighted by Crippen LogP contribution is -2.26. The minimum atomic E-state index is -1.03. The first kappa shape index (κ1) is 20.6. The van der Waals surface area contributed by atoms with Crippen molar-refractivity contribution in [3.8, 4) is 5.75 Å². The number of aliphatic carboxylic acids is 1. The van der Waals surface area contributed by atoms with Gasteiger partial charge < -0.3 is 15.2 Å². The Bertz CT molecular complexity index is 940. The van der Waals surface area contributed by atoms with Crippen molar-refractivity contribution in [1.82, 2.24) is 15.1 Å². The van der Waals surface area contributed by atoms with Crippen molar-refractivity contribution in [2.45, 2.75) is 38.2 Å². The lowest BCUT2D eigenvalue weighted by molar-refractivity contribution is -0.138. The van der Waals surface area contributed by atoms with Crippen molar-refractivity contribution in [3.63, 3.8) is 0 Å². The standard InChI is InChI=1S/C19H21N5O4S/c1-12(2)28-15-5-4-13(8-14(15)11-24-7-3-6-21-24)10-20-23-19-22-18(27)16(29-19)9-17(25)26/h3-8,10,12,16H,9,11H2,1-2H3,(H,25,26)(H,22,23,27). The summed E-state index contributed by atoms with van der Waals surface area (Å²) in [5, 5.41) is 23.2. The van der Waals surface area contributed by atoms with Crippen LogP contribution in [0.15, 0.2) is 46.9 Å². The van der Waals surface area contributed by atoms with E-state index < -0.39 is 11.2 Å². The molecule has 1 saturated heterocycles. The van der Waals surface area contributed by atoms with Crippen LogP contribution in [-0.2, 0) is 16.1 Å². The molecule has 1 aliphatic heterocycles. The Balaban J connectivity index is 1.73. The molecule has 1 atom stereocenters. The Morgan fingerprint density at radius 1 is 1.48 bits per heavy atom. The van der Waals surface area contributed by atoms with Crippen molar-refractivity contribution in [2.24, 2.45) is 10.2 Å². The molecule has 1 amide bonds. The summed E-state index contributed by atoms with van der Waals surface area (Å²) in [7, 11) is 0. The zero-order valence-electron chi connectivity index (χ0n) is 16.0. The Kier molecular flexibility index (Phi) is 6.65. The number of carboxylic acid groups (broad SMARTS) is 1. The number of amidine groups is 1. The fraction of sp³-hybridized carbons (Fsp3) is 0.316. The first-order chi connectivity index (χ1) is 13.9. The van der Waals surface area contributed by atoms with E-state index in [1.54, 1.807) is 17.1 Å². The quantitative estimate of drug-likeness (QED) is 0.504. The molecule has 1 aromatic carbocycles. The van der Waals surface area contributed by atoms with Crippen LogP contribution >= 0.6 is 11.8 Å². The number of amides is 1. The van der Waals surface area contributed by atoms with Crippen LogP contribution in [0.2, 0.25) is 0 Å². The molecular formula is C19H21N5O4S. The van der Waals surface area contributed by atoms with E-state index in [1.807, 2.05) is 44.3 Å². The van der Waals surface area contributed by atoms with Gasteiger partial charge in [-0.1, -0.05) is 11.8 Å². The zero-order chi connectivity index (χ0) is 20.8. The van der Waals surface area contributed by atoms with Crippen LogP contribution in [0.25, 0.3) is 0 Å². The van der Waals surface area contributed by atoms with Gasteiger partial charge in [-0.3, -0.25) is 14.3 Å². The minimum absolute atomic E-state index is 0.0408. The Labute approximate surface area is 171 Å². The van der Waals surface area contributed by atoms with Gasteiger partial charge in [0, 0.05) is 18.0 Å². The van der Waals surface area contributed by atoms with E-state index in [2.05, 4.69) is 20.6 Å². The minimum Gasteiger partial charge on any atom is -0.491 e. The van der Waals surface area contributed by atoms with Gasteiger partial charge in [0.2, 0.25) is 5.91 Å². The number of ether oxygens (including phenoxy) is 1. The van der Waals surface area contributed by atoms with Crippen LogP contribution in [0.5, 0.6) is 5.75 Å². The van der Waals surface area contributed by atoms with Gasteiger partial charge in [-0.2, -0.15) is 10.2 Å².